The van der Waals surface area contributed by atoms with Gasteiger partial charge in [-0.05, 0) is 32.3 Å². The summed E-state index contributed by atoms with van der Waals surface area (Å²) in [6.07, 6.45) is 3.22. The molecule has 0 aliphatic carbocycles. The van der Waals surface area contributed by atoms with E-state index in [1.165, 1.54) is 5.56 Å². The average molecular weight is 387 g/mol. The zero-order valence-corrected chi connectivity index (χ0v) is 17.6. The minimum absolute atomic E-state index is 0.148. The molecule has 154 valence electrons. The Hall–Kier alpha value is -2.41. The molecule has 0 amide bonds. The molecule has 0 spiro atoms. The van der Waals surface area contributed by atoms with Crippen LogP contribution in [0.15, 0.2) is 35.3 Å². The van der Waals surface area contributed by atoms with Gasteiger partial charge < -0.3 is 19.9 Å². The highest BCUT2D eigenvalue weighted by atomic mass is 16.5. The number of unbranched alkanes of at least 4 members (excludes halogenated alkanes) is 1. The predicted molar refractivity (Wildman–Crippen MR) is 113 cm³/mol. The number of aliphatic imine (C=N–C) groups is 1. The fourth-order valence-electron chi connectivity index (χ4n) is 2.65. The molecule has 0 saturated heterocycles. The second-order valence-electron chi connectivity index (χ2n) is 6.91. The smallest absolute Gasteiger partial charge is 0.192 e. The maximum absolute atomic E-state index is 5.63. The van der Waals surface area contributed by atoms with Crippen LogP contribution in [-0.2, 0) is 18.3 Å². The zero-order chi connectivity index (χ0) is 20.2. The molecular weight excluding hydrogens is 352 g/mol. The van der Waals surface area contributed by atoms with E-state index in [0.717, 1.165) is 56.6 Å². The fourth-order valence-corrected chi connectivity index (χ4v) is 2.65. The highest BCUT2D eigenvalue weighted by molar-refractivity contribution is 5.80. The lowest BCUT2D eigenvalue weighted by molar-refractivity contribution is 0.129. The largest absolute Gasteiger partial charge is 0.381 e. The summed E-state index contributed by atoms with van der Waals surface area (Å²) in [6, 6.07) is 10.5. The van der Waals surface area contributed by atoms with Crippen molar-refractivity contribution in [2.75, 3.05) is 19.8 Å². The normalized spacial score (nSPS) is 12.8. The summed E-state index contributed by atoms with van der Waals surface area (Å²) >= 11 is 0. The summed E-state index contributed by atoms with van der Waals surface area (Å²) in [5.74, 6) is 2.49. The van der Waals surface area contributed by atoms with E-state index in [1.807, 2.05) is 36.7 Å². The van der Waals surface area contributed by atoms with Gasteiger partial charge in [0.05, 0.1) is 6.04 Å². The topological polar surface area (TPSA) is 76.4 Å². The van der Waals surface area contributed by atoms with E-state index in [9.17, 15) is 0 Å². The Morgan fingerprint density at radius 2 is 1.93 bits per heavy atom. The highest BCUT2D eigenvalue weighted by Gasteiger charge is 2.09. The third-order valence-corrected chi connectivity index (χ3v) is 4.61. The van der Waals surface area contributed by atoms with E-state index >= 15 is 0 Å². The Kier molecular flexibility index (Phi) is 9.48. The molecule has 0 fully saturated rings. The third kappa shape index (κ3) is 7.31. The van der Waals surface area contributed by atoms with Crippen molar-refractivity contribution in [1.29, 1.82) is 0 Å². The van der Waals surface area contributed by atoms with Crippen molar-refractivity contribution in [1.82, 2.24) is 25.4 Å². The van der Waals surface area contributed by atoms with Gasteiger partial charge in [-0.1, -0.05) is 43.7 Å². The van der Waals surface area contributed by atoms with Crippen LogP contribution in [0.3, 0.4) is 0 Å². The maximum atomic E-state index is 5.63. The van der Waals surface area contributed by atoms with E-state index in [2.05, 4.69) is 46.8 Å². The number of hydrogen-bond acceptors (Lipinski definition) is 4. The second-order valence-corrected chi connectivity index (χ2v) is 6.91. The fraction of sp³-hybridized carbons (Fsp3) is 0.571. The second kappa shape index (κ2) is 12.1. The summed E-state index contributed by atoms with van der Waals surface area (Å²) in [5, 5.41) is 15.2. The summed E-state index contributed by atoms with van der Waals surface area (Å²) in [5.41, 5.74) is 1.22. The molecule has 1 unspecified atom stereocenters. The van der Waals surface area contributed by atoms with Gasteiger partial charge in [-0.25, -0.2) is 4.99 Å². The van der Waals surface area contributed by atoms with Gasteiger partial charge in [0.2, 0.25) is 0 Å². The van der Waals surface area contributed by atoms with Crippen LogP contribution in [0.1, 0.15) is 56.4 Å². The number of aryl methyl sites for hydroxylation is 1. The number of nitrogens with one attached hydrogen (secondary N) is 2. The van der Waals surface area contributed by atoms with Crippen LogP contribution >= 0.6 is 0 Å². The van der Waals surface area contributed by atoms with E-state index in [4.69, 9.17) is 9.73 Å². The van der Waals surface area contributed by atoms with Crippen LogP contribution in [0.25, 0.3) is 0 Å². The molecule has 7 nitrogen and oxygen atoms in total. The predicted octanol–water partition coefficient (Wildman–Crippen LogP) is 3.13. The number of guanidine groups is 1. The summed E-state index contributed by atoms with van der Waals surface area (Å²) < 4.78 is 7.59. The van der Waals surface area contributed by atoms with Crippen molar-refractivity contribution < 1.29 is 4.74 Å². The van der Waals surface area contributed by atoms with Gasteiger partial charge in [0.15, 0.2) is 11.8 Å². The standard InChI is InChI=1S/C21H34N6O/c1-5-6-14-28-15-10-13-22-21(23-16-20-26-25-18(3)27(20)4)24-17(2)19-11-8-7-9-12-19/h7-9,11-12,17H,5-6,10,13-16H2,1-4H3,(H2,22,23,24). The minimum Gasteiger partial charge on any atom is -0.381 e. The van der Waals surface area contributed by atoms with Gasteiger partial charge in [0, 0.05) is 26.8 Å². The van der Waals surface area contributed by atoms with Gasteiger partial charge in [0.1, 0.15) is 12.4 Å². The number of ether oxygens (including phenoxy) is 1. The molecule has 1 heterocycles. The van der Waals surface area contributed by atoms with E-state index in [1.54, 1.807) is 0 Å². The van der Waals surface area contributed by atoms with Crippen molar-refractivity contribution in [3.05, 3.63) is 47.5 Å². The Morgan fingerprint density at radius 3 is 2.61 bits per heavy atom. The van der Waals surface area contributed by atoms with Crippen LogP contribution in [0.2, 0.25) is 0 Å². The Labute approximate surface area is 168 Å². The average Bonchev–Trinajstić information content (AvgIpc) is 3.03. The number of benzene rings is 1. The first-order valence-electron chi connectivity index (χ1n) is 10.1. The van der Waals surface area contributed by atoms with Crippen LogP contribution in [-0.4, -0.2) is 40.5 Å². The quantitative estimate of drug-likeness (QED) is 0.352. The summed E-state index contributed by atoms with van der Waals surface area (Å²) in [6.45, 7) is 9.12. The highest BCUT2D eigenvalue weighted by Crippen LogP contribution is 2.11. The Bertz CT molecular complexity index is 713. The van der Waals surface area contributed by atoms with Crippen LogP contribution in [0, 0.1) is 6.92 Å². The summed E-state index contributed by atoms with van der Waals surface area (Å²) in [7, 11) is 1.96. The SMILES string of the molecule is CCCCOCCCNC(=NCc1nnc(C)n1C)NC(C)c1ccccc1. The molecular formula is C21H34N6O. The molecule has 1 aromatic carbocycles. The Morgan fingerprint density at radius 1 is 1.18 bits per heavy atom. The monoisotopic (exact) mass is 386 g/mol. The molecule has 1 aromatic heterocycles. The zero-order valence-electron chi connectivity index (χ0n) is 17.6. The number of rotatable bonds is 11. The molecule has 2 rings (SSSR count). The molecule has 0 bridgehead atoms. The molecule has 0 saturated carbocycles. The van der Waals surface area contributed by atoms with E-state index in [-0.39, 0.29) is 6.04 Å². The van der Waals surface area contributed by atoms with Gasteiger partial charge in [-0.15, -0.1) is 10.2 Å². The molecule has 28 heavy (non-hydrogen) atoms. The van der Waals surface area contributed by atoms with Crippen molar-refractivity contribution in [2.24, 2.45) is 12.0 Å². The molecule has 2 aromatic rings. The minimum atomic E-state index is 0.148. The van der Waals surface area contributed by atoms with Gasteiger partial charge >= 0.3 is 0 Å². The molecule has 0 aliphatic heterocycles. The van der Waals surface area contributed by atoms with Crippen molar-refractivity contribution in [3.63, 3.8) is 0 Å². The molecule has 2 N–H and O–H groups in total. The van der Waals surface area contributed by atoms with Crippen LogP contribution in [0.5, 0.6) is 0 Å². The van der Waals surface area contributed by atoms with Crippen LogP contribution in [0.4, 0.5) is 0 Å². The lowest BCUT2D eigenvalue weighted by Crippen LogP contribution is -2.39. The number of hydrogen-bond donors (Lipinski definition) is 2. The lowest BCUT2D eigenvalue weighted by atomic mass is 10.1. The Balaban J connectivity index is 1.92. The van der Waals surface area contributed by atoms with Gasteiger partial charge in [0.25, 0.3) is 0 Å². The number of aromatic nitrogens is 3. The first-order valence-corrected chi connectivity index (χ1v) is 10.1. The first kappa shape index (κ1) is 21.9. The third-order valence-electron chi connectivity index (χ3n) is 4.61. The molecule has 0 radical (unpaired) electrons. The maximum Gasteiger partial charge on any atom is 0.192 e. The summed E-state index contributed by atoms with van der Waals surface area (Å²) in [4.78, 5) is 4.71. The van der Waals surface area contributed by atoms with Gasteiger partial charge in [-0.3, -0.25) is 0 Å². The molecule has 1 atom stereocenters. The van der Waals surface area contributed by atoms with Crippen molar-refractivity contribution in [3.8, 4) is 0 Å². The van der Waals surface area contributed by atoms with Crippen molar-refractivity contribution in [2.45, 2.75) is 52.6 Å². The van der Waals surface area contributed by atoms with E-state index in [0.29, 0.717) is 6.54 Å². The first-order chi connectivity index (χ1) is 13.6. The number of nitrogens with zero attached hydrogens (tertiary/aromatic N) is 4. The van der Waals surface area contributed by atoms with E-state index < -0.39 is 0 Å². The van der Waals surface area contributed by atoms with Crippen molar-refractivity contribution >= 4 is 5.96 Å². The van der Waals surface area contributed by atoms with Crippen LogP contribution < -0.4 is 10.6 Å². The lowest BCUT2D eigenvalue weighted by Gasteiger charge is -2.19. The molecule has 7 heteroatoms. The van der Waals surface area contributed by atoms with Gasteiger partial charge in [-0.2, -0.15) is 0 Å². The molecule has 0 aliphatic rings.